The SMILES string of the molecule is CC(C=CC1=C(C)CCCC1(C)C)=COc1ccc(C)cc1. The van der Waals surface area contributed by atoms with Crippen molar-refractivity contribution in [1.29, 1.82) is 0 Å². The molecule has 0 heterocycles. The van der Waals surface area contributed by atoms with E-state index in [1.807, 2.05) is 18.4 Å². The first kappa shape index (κ1) is 16.6. The molecule has 1 heteroatoms. The zero-order chi connectivity index (χ0) is 16.2. The van der Waals surface area contributed by atoms with E-state index in [4.69, 9.17) is 4.74 Å². The van der Waals surface area contributed by atoms with Gasteiger partial charge in [0, 0.05) is 0 Å². The molecule has 0 aromatic heterocycles. The van der Waals surface area contributed by atoms with Crippen LogP contribution in [0.15, 0.2) is 59.4 Å². The zero-order valence-electron chi connectivity index (χ0n) is 14.6. The Hall–Kier alpha value is -1.76. The quantitative estimate of drug-likeness (QED) is 0.464. The van der Waals surface area contributed by atoms with E-state index < -0.39 is 0 Å². The van der Waals surface area contributed by atoms with Crippen molar-refractivity contribution in [3.63, 3.8) is 0 Å². The van der Waals surface area contributed by atoms with Gasteiger partial charge in [-0.3, -0.25) is 0 Å². The third-order valence-corrected chi connectivity index (χ3v) is 4.46. The summed E-state index contributed by atoms with van der Waals surface area (Å²) in [7, 11) is 0. The van der Waals surface area contributed by atoms with Gasteiger partial charge in [0.15, 0.2) is 0 Å². The molecule has 1 aliphatic rings. The van der Waals surface area contributed by atoms with Crippen molar-refractivity contribution in [2.24, 2.45) is 5.41 Å². The van der Waals surface area contributed by atoms with Gasteiger partial charge in [-0.1, -0.05) is 49.3 Å². The molecule has 0 atom stereocenters. The van der Waals surface area contributed by atoms with Crippen molar-refractivity contribution in [3.05, 3.63) is 65.0 Å². The number of ether oxygens (including phenoxy) is 1. The fourth-order valence-corrected chi connectivity index (χ4v) is 3.04. The molecule has 0 amide bonds. The van der Waals surface area contributed by atoms with Crippen LogP contribution in [0.2, 0.25) is 0 Å². The highest BCUT2D eigenvalue weighted by Crippen LogP contribution is 2.40. The van der Waals surface area contributed by atoms with E-state index in [9.17, 15) is 0 Å². The van der Waals surface area contributed by atoms with Crippen LogP contribution in [0.4, 0.5) is 0 Å². The van der Waals surface area contributed by atoms with Crippen LogP contribution in [-0.2, 0) is 0 Å². The van der Waals surface area contributed by atoms with Gasteiger partial charge in [-0.25, -0.2) is 0 Å². The summed E-state index contributed by atoms with van der Waals surface area (Å²) in [6.45, 7) is 11.1. The monoisotopic (exact) mass is 296 g/mol. The van der Waals surface area contributed by atoms with Crippen molar-refractivity contribution in [2.75, 3.05) is 0 Å². The molecule has 0 saturated carbocycles. The largest absolute Gasteiger partial charge is 0.465 e. The van der Waals surface area contributed by atoms with Crippen LogP contribution >= 0.6 is 0 Å². The number of benzene rings is 1. The first-order valence-electron chi connectivity index (χ1n) is 8.17. The van der Waals surface area contributed by atoms with Gasteiger partial charge in [0.1, 0.15) is 5.75 Å². The molecule has 1 nitrogen and oxygen atoms in total. The van der Waals surface area contributed by atoms with Crippen LogP contribution in [0, 0.1) is 12.3 Å². The Labute approximate surface area is 135 Å². The van der Waals surface area contributed by atoms with Crippen LogP contribution < -0.4 is 4.74 Å². The predicted molar refractivity (Wildman–Crippen MR) is 95.0 cm³/mol. The number of hydrogen-bond donors (Lipinski definition) is 0. The summed E-state index contributed by atoms with van der Waals surface area (Å²) in [6, 6.07) is 8.12. The number of aryl methyl sites for hydroxylation is 1. The second-order valence-electron chi connectivity index (χ2n) is 7.06. The Morgan fingerprint density at radius 1 is 1.14 bits per heavy atom. The Balaban J connectivity index is 2.05. The Kier molecular flexibility index (Phi) is 5.28. The first-order chi connectivity index (χ1) is 10.4. The highest BCUT2D eigenvalue weighted by atomic mass is 16.5. The van der Waals surface area contributed by atoms with E-state index in [1.165, 1.54) is 36.0 Å². The standard InChI is InChI=1S/C21H28O/c1-16-8-11-19(12-9-16)22-15-17(2)10-13-20-18(3)7-6-14-21(20,4)5/h8-13,15H,6-7,14H2,1-5H3. The van der Waals surface area contributed by atoms with Crippen LogP contribution in [0.5, 0.6) is 5.75 Å². The molecule has 0 N–H and O–H groups in total. The number of rotatable bonds is 4. The molecule has 1 aromatic carbocycles. The first-order valence-corrected chi connectivity index (χ1v) is 8.17. The van der Waals surface area contributed by atoms with Gasteiger partial charge in [0.25, 0.3) is 0 Å². The summed E-state index contributed by atoms with van der Waals surface area (Å²) in [5, 5.41) is 0. The van der Waals surface area contributed by atoms with Gasteiger partial charge < -0.3 is 4.74 Å². The molecule has 22 heavy (non-hydrogen) atoms. The lowest BCUT2D eigenvalue weighted by Gasteiger charge is -2.32. The van der Waals surface area contributed by atoms with Crippen molar-refractivity contribution in [2.45, 2.75) is 53.9 Å². The minimum Gasteiger partial charge on any atom is -0.465 e. The average molecular weight is 296 g/mol. The third-order valence-electron chi connectivity index (χ3n) is 4.46. The molecule has 0 fully saturated rings. The lowest BCUT2D eigenvalue weighted by Crippen LogP contribution is -2.19. The van der Waals surface area contributed by atoms with Gasteiger partial charge in [0.2, 0.25) is 0 Å². The molecule has 118 valence electrons. The second kappa shape index (κ2) is 7.00. The average Bonchev–Trinajstić information content (AvgIpc) is 2.45. The molecule has 0 radical (unpaired) electrons. The van der Waals surface area contributed by atoms with Gasteiger partial charge in [-0.15, -0.1) is 0 Å². The fraction of sp³-hybridized carbons (Fsp3) is 0.429. The maximum atomic E-state index is 5.71. The van der Waals surface area contributed by atoms with Crippen molar-refractivity contribution in [1.82, 2.24) is 0 Å². The Morgan fingerprint density at radius 2 is 1.82 bits per heavy atom. The lowest BCUT2D eigenvalue weighted by atomic mass is 9.72. The molecular formula is C21H28O. The molecule has 0 saturated heterocycles. The van der Waals surface area contributed by atoms with E-state index in [1.54, 1.807) is 0 Å². The molecule has 1 aliphatic carbocycles. The molecule has 1 aromatic rings. The third kappa shape index (κ3) is 4.37. The smallest absolute Gasteiger partial charge is 0.126 e. The van der Waals surface area contributed by atoms with Crippen molar-refractivity contribution >= 4 is 0 Å². The summed E-state index contributed by atoms with van der Waals surface area (Å²) in [4.78, 5) is 0. The summed E-state index contributed by atoms with van der Waals surface area (Å²) in [5.41, 5.74) is 5.68. The second-order valence-corrected chi connectivity index (χ2v) is 7.06. The zero-order valence-corrected chi connectivity index (χ0v) is 14.6. The Bertz CT molecular complexity index is 597. The van der Waals surface area contributed by atoms with E-state index in [0.29, 0.717) is 0 Å². The maximum absolute atomic E-state index is 5.71. The van der Waals surface area contributed by atoms with Crippen LogP contribution in [0.3, 0.4) is 0 Å². The van der Waals surface area contributed by atoms with E-state index in [-0.39, 0.29) is 5.41 Å². The summed E-state index contributed by atoms with van der Waals surface area (Å²) in [5.74, 6) is 0.881. The number of hydrogen-bond acceptors (Lipinski definition) is 1. The highest BCUT2D eigenvalue weighted by Gasteiger charge is 2.26. The van der Waals surface area contributed by atoms with Gasteiger partial charge >= 0.3 is 0 Å². The molecule has 0 spiro atoms. The summed E-state index contributed by atoms with van der Waals surface area (Å²) < 4.78 is 5.71. The predicted octanol–water partition coefficient (Wildman–Crippen LogP) is 6.36. The van der Waals surface area contributed by atoms with Gasteiger partial charge in [-0.2, -0.15) is 0 Å². The normalized spacial score (nSPS) is 18.9. The van der Waals surface area contributed by atoms with Gasteiger partial charge in [0.05, 0.1) is 6.26 Å². The summed E-state index contributed by atoms with van der Waals surface area (Å²) >= 11 is 0. The van der Waals surface area contributed by atoms with Crippen molar-refractivity contribution < 1.29 is 4.74 Å². The van der Waals surface area contributed by atoms with E-state index in [2.05, 4.69) is 58.9 Å². The molecular weight excluding hydrogens is 268 g/mol. The van der Waals surface area contributed by atoms with Crippen LogP contribution in [-0.4, -0.2) is 0 Å². The maximum Gasteiger partial charge on any atom is 0.126 e. The molecule has 2 rings (SSSR count). The lowest BCUT2D eigenvalue weighted by molar-refractivity contribution is 0.376. The topological polar surface area (TPSA) is 9.23 Å². The number of allylic oxidation sites excluding steroid dienone is 5. The molecule has 0 aliphatic heterocycles. The minimum atomic E-state index is 0.289. The molecule has 0 bridgehead atoms. The van der Waals surface area contributed by atoms with E-state index in [0.717, 1.165) is 11.3 Å². The van der Waals surface area contributed by atoms with Gasteiger partial charge in [-0.05, 0) is 68.7 Å². The minimum absolute atomic E-state index is 0.289. The summed E-state index contributed by atoms with van der Waals surface area (Å²) in [6.07, 6.45) is 10.1. The highest BCUT2D eigenvalue weighted by molar-refractivity contribution is 5.36. The molecule has 0 unspecified atom stereocenters. The van der Waals surface area contributed by atoms with Crippen LogP contribution in [0.25, 0.3) is 0 Å². The van der Waals surface area contributed by atoms with E-state index >= 15 is 0 Å². The Morgan fingerprint density at radius 3 is 2.45 bits per heavy atom. The van der Waals surface area contributed by atoms with Crippen LogP contribution in [0.1, 0.15) is 52.5 Å². The fourth-order valence-electron chi connectivity index (χ4n) is 3.04. The van der Waals surface area contributed by atoms with Crippen molar-refractivity contribution in [3.8, 4) is 5.75 Å².